The SMILES string of the molecule is Cc1cc(C)cc(NC(=O)c2ccc(Cl)c(NC(=O)c3ccccc3C)c2)c1. The number of hydrogen-bond donors (Lipinski definition) is 2. The van der Waals surface area contributed by atoms with Crippen LogP contribution in [0.5, 0.6) is 0 Å². The molecule has 28 heavy (non-hydrogen) atoms. The molecule has 0 aliphatic carbocycles. The van der Waals surface area contributed by atoms with Crippen molar-refractivity contribution in [1.82, 2.24) is 0 Å². The first-order valence-corrected chi connectivity index (χ1v) is 9.27. The van der Waals surface area contributed by atoms with Crippen molar-refractivity contribution in [2.75, 3.05) is 10.6 Å². The van der Waals surface area contributed by atoms with Crippen LogP contribution >= 0.6 is 11.6 Å². The zero-order valence-electron chi connectivity index (χ0n) is 16.0. The Hall–Kier alpha value is -3.11. The molecule has 2 amide bonds. The summed E-state index contributed by atoms with van der Waals surface area (Å²) in [4.78, 5) is 25.2. The van der Waals surface area contributed by atoms with E-state index >= 15 is 0 Å². The molecule has 0 radical (unpaired) electrons. The lowest BCUT2D eigenvalue weighted by atomic mass is 10.1. The minimum atomic E-state index is -0.271. The van der Waals surface area contributed by atoms with Gasteiger partial charge in [0.05, 0.1) is 10.7 Å². The smallest absolute Gasteiger partial charge is 0.255 e. The maximum atomic E-state index is 12.6. The average molecular weight is 393 g/mol. The van der Waals surface area contributed by atoms with Gasteiger partial charge in [-0.05, 0) is 73.9 Å². The van der Waals surface area contributed by atoms with Gasteiger partial charge in [0.1, 0.15) is 0 Å². The zero-order chi connectivity index (χ0) is 20.3. The van der Waals surface area contributed by atoms with Crippen molar-refractivity contribution in [1.29, 1.82) is 0 Å². The highest BCUT2D eigenvalue weighted by Gasteiger charge is 2.14. The van der Waals surface area contributed by atoms with Crippen molar-refractivity contribution >= 4 is 34.8 Å². The fraction of sp³-hybridized carbons (Fsp3) is 0.130. The molecule has 3 rings (SSSR count). The molecule has 0 atom stereocenters. The number of aryl methyl sites for hydroxylation is 3. The van der Waals surface area contributed by atoms with E-state index in [4.69, 9.17) is 11.6 Å². The predicted molar refractivity (Wildman–Crippen MR) is 114 cm³/mol. The van der Waals surface area contributed by atoms with Crippen LogP contribution in [0.3, 0.4) is 0 Å². The van der Waals surface area contributed by atoms with Gasteiger partial charge in [-0.25, -0.2) is 0 Å². The Balaban J connectivity index is 1.81. The van der Waals surface area contributed by atoms with Crippen molar-refractivity contribution in [2.24, 2.45) is 0 Å². The van der Waals surface area contributed by atoms with Crippen LogP contribution in [0.25, 0.3) is 0 Å². The number of halogens is 1. The lowest BCUT2D eigenvalue weighted by molar-refractivity contribution is 0.101. The summed E-state index contributed by atoms with van der Waals surface area (Å²) in [6, 6.07) is 17.9. The van der Waals surface area contributed by atoms with E-state index in [1.807, 2.05) is 51.1 Å². The highest BCUT2D eigenvalue weighted by molar-refractivity contribution is 6.34. The number of carbonyl (C=O) groups excluding carboxylic acids is 2. The second-order valence-corrected chi connectivity index (χ2v) is 7.20. The van der Waals surface area contributed by atoms with E-state index in [0.29, 0.717) is 21.8 Å². The van der Waals surface area contributed by atoms with Gasteiger partial charge in [0, 0.05) is 16.8 Å². The van der Waals surface area contributed by atoms with E-state index in [1.54, 1.807) is 30.3 Å². The largest absolute Gasteiger partial charge is 0.322 e. The number of amides is 2. The van der Waals surface area contributed by atoms with Gasteiger partial charge in [-0.2, -0.15) is 0 Å². The minimum Gasteiger partial charge on any atom is -0.322 e. The number of anilines is 2. The quantitative estimate of drug-likeness (QED) is 0.592. The molecule has 0 aliphatic heterocycles. The maximum absolute atomic E-state index is 12.6. The second kappa shape index (κ2) is 8.28. The third-order valence-corrected chi connectivity index (χ3v) is 4.68. The summed E-state index contributed by atoms with van der Waals surface area (Å²) in [5.41, 5.74) is 5.08. The van der Waals surface area contributed by atoms with Crippen LogP contribution in [0, 0.1) is 20.8 Å². The molecule has 0 unspecified atom stereocenters. The van der Waals surface area contributed by atoms with E-state index in [1.165, 1.54) is 0 Å². The topological polar surface area (TPSA) is 58.2 Å². The average Bonchev–Trinajstić information content (AvgIpc) is 2.62. The van der Waals surface area contributed by atoms with Gasteiger partial charge >= 0.3 is 0 Å². The number of hydrogen-bond acceptors (Lipinski definition) is 2. The Morgan fingerprint density at radius 1 is 0.786 bits per heavy atom. The standard InChI is InChI=1S/C23H21ClN2O2/c1-14-10-15(2)12-18(11-14)25-22(27)17-8-9-20(24)21(13-17)26-23(28)19-7-5-4-6-16(19)3/h4-13H,1-3H3,(H,25,27)(H,26,28). The predicted octanol–water partition coefficient (Wildman–Crippen LogP) is 5.77. The first-order chi connectivity index (χ1) is 13.3. The number of carbonyl (C=O) groups is 2. The molecule has 0 aliphatic rings. The van der Waals surface area contributed by atoms with Gasteiger partial charge in [0.15, 0.2) is 0 Å². The molecule has 0 bridgehead atoms. The van der Waals surface area contributed by atoms with Crippen LogP contribution in [-0.4, -0.2) is 11.8 Å². The highest BCUT2D eigenvalue weighted by atomic mass is 35.5. The molecule has 3 aromatic rings. The van der Waals surface area contributed by atoms with Crippen molar-refractivity contribution in [3.05, 3.63) is 93.5 Å². The van der Waals surface area contributed by atoms with Crippen molar-refractivity contribution in [3.63, 3.8) is 0 Å². The van der Waals surface area contributed by atoms with E-state index in [-0.39, 0.29) is 11.8 Å². The molecule has 3 aromatic carbocycles. The van der Waals surface area contributed by atoms with Crippen LogP contribution in [-0.2, 0) is 0 Å². The highest BCUT2D eigenvalue weighted by Crippen LogP contribution is 2.25. The van der Waals surface area contributed by atoms with Gasteiger partial charge in [0.25, 0.3) is 11.8 Å². The summed E-state index contributed by atoms with van der Waals surface area (Å²) in [6.07, 6.45) is 0. The van der Waals surface area contributed by atoms with E-state index in [0.717, 1.165) is 22.4 Å². The summed E-state index contributed by atoms with van der Waals surface area (Å²) in [7, 11) is 0. The van der Waals surface area contributed by atoms with Crippen LogP contribution in [0.2, 0.25) is 5.02 Å². The normalized spacial score (nSPS) is 10.4. The molecule has 0 saturated carbocycles. The Kier molecular flexibility index (Phi) is 5.81. The van der Waals surface area contributed by atoms with Crippen molar-refractivity contribution in [3.8, 4) is 0 Å². The van der Waals surface area contributed by atoms with E-state index < -0.39 is 0 Å². The van der Waals surface area contributed by atoms with E-state index in [9.17, 15) is 9.59 Å². The summed E-state index contributed by atoms with van der Waals surface area (Å²) >= 11 is 6.23. The molecule has 0 spiro atoms. The number of rotatable bonds is 4. The van der Waals surface area contributed by atoms with Gasteiger partial charge < -0.3 is 10.6 Å². The Morgan fingerprint density at radius 2 is 1.46 bits per heavy atom. The monoisotopic (exact) mass is 392 g/mol. The summed E-state index contributed by atoms with van der Waals surface area (Å²) in [5, 5.41) is 6.05. The van der Waals surface area contributed by atoms with Crippen molar-refractivity contribution in [2.45, 2.75) is 20.8 Å². The summed E-state index contributed by atoms with van der Waals surface area (Å²) in [5.74, 6) is -0.542. The molecule has 5 heteroatoms. The van der Waals surface area contributed by atoms with Crippen LogP contribution < -0.4 is 10.6 Å². The van der Waals surface area contributed by atoms with Gasteiger partial charge in [-0.1, -0.05) is 35.9 Å². The van der Waals surface area contributed by atoms with Gasteiger partial charge in [-0.15, -0.1) is 0 Å². The molecule has 2 N–H and O–H groups in total. The maximum Gasteiger partial charge on any atom is 0.255 e. The molecule has 0 fully saturated rings. The zero-order valence-corrected chi connectivity index (χ0v) is 16.7. The van der Waals surface area contributed by atoms with Crippen LogP contribution in [0.15, 0.2) is 60.7 Å². The Morgan fingerprint density at radius 3 is 2.14 bits per heavy atom. The minimum absolute atomic E-state index is 0.270. The van der Waals surface area contributed by atoms with E-state index in [2.05, 4.69) is 10.6 Å². The number of benzene rings is 3. The fourth-order valence-electron chi connectivity index (χ4n) is 3.03. The Bertz CT molecular complexity index is 1040. The van der Waals surface area contributed by atoms with Crippen LogP contribution in [0.4, 0.5) is 11.4 Å². The Labute approximate surface area is 169 Å². The number of nitrogens with one attached hydrogen (secondary N) is 2. The molecular formula is C23H21ClN2O2. The molecule has 142 valence electrons. The first kappa shape index (κ1) is 19.6. The molecule has 0 saturated heterocycles. The molecule has 4 nitrogen and oxygen atoms in total. The van der Waals surface area contributed by atoms with Crippen LogP contribution in [0.1, 0.15) is 37.4 Å². The van der Waals surface area contributed by atoms with Gasteiger partial charge in [0.2, 0.25) is 0 Å². The first-order valence-electron chi connectivity index (χ1n) is 8.89. The van der Waals surface area contributed by atoms with Gasteiger partial charge in [-0.3, -0.25) is 9.59 Å². The lowest BCUT2D eigenvalue weighted by Gasteiger charge is -2.12. The fourth-order valence-corrected chi connectivity index (χ4v) is 3.19. The summed E-state index contributed by atoms with van der Waals surface area (Å²) in [6.45, 7) is 5.82. The lowest BCUT2D eigenvalue weighted by Crippen LogP contribution is -2.16. The third kappa shape index (κ3) is 4.59. The summed E-state index contributed by atoms with van der Waals surface area (Å²) < 4.78 is 0. The molecule has 0 heterocycles. The third-order valence-electron chi connectivity index (χ3n) is 4.35. The molecule has 0 aromatic heterocycles. The second-order valence-electron chi connectivity index (χ2n) is 6.79. The molecular weight excluding hydrogens is 372 g/mol. The van der Waals surface area contributed by atoms with Crippen molar-refractivity contribution < 1.29 is 9.59 Å².